The number of hydrogen-bond donors (Lipinski definition) is 0. The van der Waals surface area contributed by atoms with Gasteiger partial charge in [0.05, 0.1) is 0 Å². The fraction of sp³-hybridized carbons (Fsp3) is 1.00. The van der Waals surface area contributed by atoms with Crippen molar-refractivity contribution in [3.05, 3.63) is 0 Å². The van der Waals surface area contributed by atoms with Crippen LogP contribution in [-0.2, 0) is 0 Å². The summed E-state index contributed by atoms with van der Waals surface area (Å²) < 4.78 is 56.7. The molecule has 0 aliphatic heterocycles. The van der Waals surface area contributed by atoms with Crippen LogP contribution in [0, 0.1) is 11.3 Å². The maximum absolute atomic E-state index is 14.6. The van der Waals surface area contributed by atoms with Crippen LogP contribution in [0.25, 0.3) is 0 Å². The molecular weight excluding hydrogens is 380 g/mol. The van der Waals surface area contributed by atoms with Crippen LogP contribution in [-0.4, -0.2) is 21.0 Å². The lowest BCUT2D eigenvalue weighted by Crippen LogP contribution is -2.65. The Bertz CT molecular complexity index is 366. The average molecular weight is 394 g/mol. The highest BCUT2D eigenvalue weighted by Crippen LogP contribution is 2.70. The second-order valence-electron chi connectivity index (χ2n) is 6.51. The third kappa shape index (κ3) is 1.73. The van der Waals surface area contributed by atoms with Crippen molar-refractivity contribution in [2.45, 2.75) is 59.5 Å². The normalized spacial score (nSPS) is 51.2. The van der Waals surface area contributed by atoms with Crippen molar-refractivity contribution in [2.24, 2.45) is 11.3 Å². The Morgan fingerprint density at radius 1 is 0.944 bits per heavy atom. The van der Waals surface area contributed by atoms with Crippen LogP contribution in [0.15, 0.2) is 0 Å². The van der Waals surface area contributed by atoms with E-state index >= 15 is 0 Å². The summed E-state index contributed by atoms with van der Waals surface area (Å²) in [6.07, 6.45) is 0.151. The SMILES string of the molecule is FC(F)(C(Br)Br)C12CC3C[C@@](F)(C1)C[C@](F)(C3)C2. The molecule has 4 aliphatic carbocycles. The van der Waals surface area contributed by atoms with E-state index in [4.69, 9.17) is 0 Å². The zero-order chi connectivity index (χ0) is 13.4. The first-order valence-corrected chi connectivity index (χ1v) is 7.97. The van der Waals surface area contributed by atoms with Crippen LogP contribution in [0.3, 0.4) is 0 Å². The lowest BCUT2D eigenvalue weighted by Gasteiger charge is -2.63. The molecule has 6 heteroatoms. The van der Waals surface area contributed by atoms with Gasteiger partial charge in [-0.2, -0.15) is 0 Å². The molecule has 18 heavy (non-hydrogen) atoms. The molecule has 0 aromatic carbocycles. The zero-order valence-electron chi connectivity index (χ0n) is 9.67. The van der Waals surface area contributed by atoms with Crippen LogP contribution in [0.1, 0.15) is 38.5 Å². The molecule has 4 atom stereocenters. The molecule has 4 bridgehead atoms. The Kier molecular flexibility index (Phi) is 2.77. The Labute approximate surface area is 120 Å². The number of hydrogen-bond acceptors (Lipinski definition) is 0. The summed E-state index contributed by atoms with van der Waals surface area (Å²) in [4.78, 5) is 0. The fourth-order valence-electron chi connectivity index (χ4n) is 4.81. The van der Waals surface area contributed by atoms with Gasteiger partial charge in [-0.25, -0.2) is 17.6 Å². The van der Waals surface area contributed by atoms with Crippen molar-refractivity contribution in [1.29, 1.82) is 0 Å². The van der Waals surface area contributed by atoms with Gasteiger partial charge in [-0.3, -0.25) is 0 Å². The highest BCUT2D eigenvalue weighted by atomic mass is 79.9. The van der Waals surface area contributed by atoms with Crippen LogP contribution in [0.2, 0.25) is 0 Å². The van der Waals surface area contributed by atoms with Gasteiger partial charge >= 0.3 is 0 Å². The maximum atomic E-state index is 14.6. The van der Waals surface area contributed by atoms with Crippen molar-refractivity contribution in [1.82, 2.24) is 0 Å². The molecule has 0 heterocycles. The summed E-state index contributed by atoms with van der Waals surface area (Å²) in [5.74, 6) is -3.37. The van der Waals surface area contributed by atoms with Crippen LogP contribution >= 0.6 is 31.9 Å². The van der Waals surface area contributed by atoms with Gasteiger partial charge in [0.15, 0.2) is 0 Å². The third-order valence-corrected chi connectivity index (χ3v) is 6.06. The largest absolute Gasteiger partial charge is 0.275 e. The standard InChI is InChI=1S/C12H14Br2F4/c13-8(14)12(17,18)9-1-7-2-10(15,4-9)6-11(16,3-7)5-9/h7-8H,1-6H2/t7?,9?,10-,11+. The van der Waals surface area contributed by atoms with Crippen LogP contribution < -0.4 is 0 Å². The van der Waals surface area contributed by atoms with E-state index in [9.17, 15) is 17.6 Å². The van der Waals surface area contributed by atoms with E-state index in [0.29, 0.717) is 0 Å². The summed E-state index contributed by atoms with van der Waals surface area (Å²) in [5.41, 5.74) is -4.99. The molecule has 4 saturated carbocycles. The van der Waals surface area contributed by atoms with E-state index in [1.807, 2.05) is 0 Å². The molecule has 0 saturated heterocycles. The van der Waals surface area contributed by atoms with Gasteiger partial charge in [0, 0.05) is 11.8 Å². The predicted octanol–water partition coefficient (Wildman–Crippen LogP) is 5.14. The van der Waals surface area contributed by atoms with E-state index < -0.39 is 26.4 Å². The van der Waals surface area contributed by atoms with E-state index in [-0.39, 0.29) is 44.4 Å². The lowest BCUT2D eigenvalue weighted by atomic mass is 9.46. The smallest absolute Gasteiger partial charge is 0.244 e. The summed E-state index contributed by atoms with van der Waals surface area (Å²) in [6.45, 7) is 0. The molecule has 0 amide bonds. The van der Waals surface area contributed by atoms with Gasteiger partial charge < -0.3 is 0 Å². The van der Waals surface area contributed by atoms with Gasteiger partial charge in [0.1, 0.15) is 15.1 Å². The quantitative estimate of drug-likeness (QED) is 0.450. The number of rotatable bonds is 2. The first-order valence-electron chi connectivity index (χ1n) is 6.14. The first-order chi connectivity index (χ1) is 8.10. The van der Waals surface area contributed by atoms with Gasteiger partial charge in [-0.15, -0.1) is 0 Å². The Hall–Kier alpha value is 0.680. The average Bonchev–Trinajstić information content (AvgIpc) is 2.10. The third-order valence-electron chi connectivity index (χ3n) is 4.91. The number of halogens is 6. The van der Waals surface area contributed by atoms with Gasteiger partial charge in [0.25, 0.3) is 5.92 Å². The molecule has 4 rings (SSSR count). The van der Waals surface area contributed by atoms with Crippen LogP contribution in [0.4, 0.5) is 17.6 Å². The fourth-order valence-corrected chi connectivity index (χ4v) is 5.78. The van der Waals surface area contributed by atoms with Gasteiger partial charge in [0.2, 0.25) is 0 Å². The highest BCUT2D eigenvalue weighted by Gasteiger charge is 2.72. The molecule has 0 spiro atoms. The van der Waals surface area contributed by atoms with Crippen molar-refractivity contribution >= 4 is 31.9 Å². The molecule has 2 unspecified atom stereocenters. The minimum Gasteiger partial charge on any atom is -0.244 e. The zero-order valence-corrected chi connectivity index (χ0v) is 12.8. The van der Waals surface area contributed by atoms with Crippen molar-refractivity contribution in [3.8, 4) is 0 Å². The van der Waals surface area contributed by atoms with E-state index in [1.54, 1.807) is 0 Å². The first kappa shape index (κ1) is 13.7. The molecule has 0 aromatic heterocycles. The molecule has 0 radical (unpaired) electrons. The molecular formula is C12H14Br2F4. The second kappa shape index (κ2) is 3.66. The summed E-state index contributed by atoms with van der Waals surface area (Å²) in [5, 5.41) is 0. The molecule has 4 fully saturated rings. The lowest BCUT2D eigenvalue weighted by molar-refractivity contribution is -0.248. The minimum atomic E-state index is -3.14. The molecule has 4 aliphatic rings. The van der Waals surface area contributed by atoms with E-state index in [2.05, 4.69) is 31.9 Å². The van der Waals surface area contributed by atoms with Crippen molar-refractivity contribution in [3.63, 3.8) is 0 Å². The van der Waals surface area contributed by atoms with Crippen molar-refractivity contribution < 1.29 is 17.6 Å². The summed E-state index contributed by atoms with van der Waals surface area (Å²) in [6, 6.07) is 0. The Morgan fingerprint density at radius 2 is 1.44 bits per heavy atom. The number of alkyl halides is 6. The van der Waals surface area contributed by atoms with E-state index in [0.717, 1.165) is 0 Å². The molecule has 0 nitrogen and oxygen atoms in total. The monoisotopic (exact) mass is 392 g/mol. The second-order valence-corrected chi connectivity index (χ2v) is 9.57. The maximum Gasteiger partial charge on any atom is 0.275 e. The predicted molar refractivity (Wildman–Crippen MR) is 67.9 cm³/mol. The highest BCUT2D eigenvalue weighted by molar-refractivity contribution is 9.24. The van der Waals surface area contributed by atoms with Gasteiger partial charge in [-0.05, 0) is 38.0 Å². The Balaban J connectivity index is 2.04. The molecule has 0 aromatic rings. The molecule has 0 N–H and O–H groups in total. The van der Waals surface area contributed by atoms with Crippen LogP contribution in [0.5, 0.6) is 0 Å². The van der Waals surface area contributed by atoms with Crippen molar-refractivity contribution in [2.75, 3.05) is 0 Å². The van der Waals surface area contributed by atoms with Gasteiger partial charge in [-0.1, -0.05) is 31.9 Å². The topological polar surface area (TPSA) is 0 Å². The van der Waals surface area contributed by atoms with E-state index in [1.165, 1.54) is 0 Å². The molecule has 104 valence electrons. The Morgan fingerprint density at radius 3 is 1.83 bits per heavy atom. The summed E-state index contributed by atoms with van der Waals surface area (Å²) >= 11 is 5.69. The minimum absolute atomic E-state index is 0.191. The summed E-state index contributed by atoms with van der Waals surface area (Å²) in [7, 11) is 0.